The molecule has 3 aromatic rings. The standard InChI is InChI=1S/C28H26ClN3O5/c1-3-23(27(35)30-19-12-14-20(37-2)15-13-19)31(16-18-8-4-6-10-22(18)29)25(33)17-32-24-11-7-5-9-21(24)26(34)28(32)36/h4-15,23H,3,16-17H2,1-2H3,(H,30,35)/t23-/m1/s1. The highest BCUT2D eigenvalue weighted by Gasteiger charge is 2.38. The van der Waals surface area contributed by atoms with Crippen molar-refractivity contribution in [2.45, 2.75) is 25.9 Å². The molecule has 1 aliphatic rings. The fourth-order valence-electron chi connectivity index (χ4n) is 4.26. The van der Waals surface area contributed by atoms with Crippen LogP contribution >= 0.6 is 11.6 Å². The van der Waals surface area contributed by atoms with Gasteiger partial charge in [-0.3, -0.25) is 24.1 Å². The molecule has 37 heavy (non-hydrogen) atoms. The van der Waals surface area contributed by atoms with Gasteiger partial charge in [-0.1, -0.05) is 48.9 Å². The Morgan fingerprint density at radius 2 is 1.68 bits per heavy atom. The second-order valence-electron chi connectivity index (χ2n) is 8.49. The predicted molar refractivity (Wildman–Crippen MR) is 141 cm³/mol. The minimum absolute atomic E-state index is 0.0463. The minimum Gasteiger partial charge on any atom is -0.497 e. The molecule has 8 nitrogen and oxygen atoms in total. The molecule has 0 fully saturated rings. The van der Waals surface area contributed by atoms with Gasteiger partial charge in [0.25, 0.3) is 11.7 Å². The number of nitrogens with one attached hydrogen (secondary N) is 1. The summed E-state index contributed by atoms with van der Waals surface area (Å²) in [5.74, 6) is -1.68. The van der Waals surface area contributed by atoms with Crippen molar-refractivity contribution in [2.75, 3.05) is 23.9 Å². The molecule has 0 bridgehead atoms. The van der Waals surface area contributed by atoms with E-state index >= 15 is 0 Å². The van der Waals surface area contributed by atoms with Gasteiger partial charge in [0.2, 0.25) is 11.8 Å². The van der Waals surface area contributed by atoms with E-state index in [1.807, 2.05) is 0 Å². The number of methoxy groups -OCH3 is 1. The third kappa shape index (κ3) is 5.49. The number of nitrogens with zero attached hydrogens (tertiary/aromatic N) is 2. The average Bonchev–Trinajstić information content (AvgIpc) is 3.15. The zero-order valence-electron chi connectivity index (χ0n) is 20.4. The highest BCUT2D eigenvalue weighted by molar-refractivity contribution is 6.52. The van der Waals surface area contributed by atoms with Gasteiger partial charge in [0, 0.05) is 17.3 Å². The molecule has 0 unspecified atom stereocenters. The first-order chi connectivity index (χ1) is 17.8. The number of rotatable bonds is 9. The number of amides is 3. The fourth-order valence-corrected chi connectivity index (χ4v) is 4.46. The normalized spacial score (nSPS) is 13.2. The van der Waals surface area contributed by atoms with Crippen LogP contribution in [0.15, 0.2) is 72.8 Å². The molecule has 1 aliphatic heterocycles. The van der Waals surface area contributed by atoms with Crippen molar-refractivity contribution >= 4 is 46.5 Å². The van der Waals surface area contributed by atoms with Crippen LogP contribution in [0, 0.1) is 0 Å². The van der Waals surface area contributed by atoms with E-state index in [1.54, 1.807) is 86.8 Å². The number of ketones is 1. The van der Waals surface area contributed by atoms with E-state index in [0.717, 1.165) is 4.90 Å². The van der Waals surface area contributed by atoms with Crippen LogP contribution < -0.4 is 15.0 Å². The zero-order valence-corrected chi connectivity index (χ0v) is 21.2. The van der Waals surface area contributed by atoms with Gasteiger partial charge >= 0.3 is 0 Å². The first-order valence-corrected chi connectivity index (χ1v) is 12.1. The smallest absolute Gasteiger partial charge is 0.299 e. The van der Waals surface area contributed by atoms with E-state index in [0.29, 0.717) is 34.1 Å². The van der Waals surface area contributed by atoms with Crippen molar-refractivity contribution in [3.05, 3.63) is 88.9 Å². The Hall–Kier alpha value is -4.17. The lowest BCUT2D eigenvalue weighted by Crippen LogP contribution is -2.50. The van der Waals surface area contributed by atoms with Crippen molar-refractivity contribution in [2.24, 2.45) is 0 Å². The number of Topliss-reactive ketones (excluding diaryl/α,β-unsaturated/α-hetero) is 1. The van der Waals surface area contributed by atoms with E-state index in [-0.39, 0.29) is 12.1 Å². The van der Waals surface area contributed by atoms with Crippen LogP contribution in [-0.2, 0) is 20.9 Å². The quantitative estimate of drug-likeness (QED) is 0.425. The summed E-state index contributed by atoms with van der Waals surface area (Å²) in [5.41, 5.74) is 1.82. The van der Waals surface area contributed by atoms with Crippen molar-refractivity contribution in [1.82, 2.24) is 4.90 Å². The third-order valence-electron chi connectivity index (χ3n) is 6.21. The largest absolute Gasteiger partial charge is 0.497 e. The van der Waals surface area contributed by atoms with Crippen LogP contribution in [0.25, 0.3) is 0 Å². The molecule has 3 aromatic carbocycles. The lowest BCUT2D eigenvalue weighted by atomic mass is 10.1. The summed E-state index contributed by atoms with van der Waals surface area (Å²) in [6, 6.07) is 19.6. The van der Waals surface area contributed by atoms with Crippen molar-refractivity contribution < 1.29 is 23.9 Å². The highest BCUT2D eigenvalue weighted by atomic mass is 35.5. The Morgan fingerprint density at radius 3 is 2.35 bits per heavy atom. The second kappa shape index (κ2) is 11.3. The molecule has 0 saturated heterocycles. The van der Waals surface area contributed by atoms with E-state index in [9.17, 15) is 19.2 Å². The molecule has 9 heteroatoms. The summed E-state index contributed by atoms with van der Waals surface area (Å²) in [4.78, 5) is 54.8. The van der Waals surface area contributed by atoms with Crippen molar-refractivity contribution in [3.8, 4) is 5.75 Å². The number of hydrogen-bond donors (Lipinski definition) is 1. The summed E-state index contributed by atoms with van der Waals surface area (Å²) >= 11 is 6.38. The molecule has 190 valence electrons. The number of carbonyl (C=O) groups excluding carboxylic acids is 4. The Labute approximate surface area is 219 Å². The summed E-state index contributed by atoms with van der Waals surface area (Å²) in [6.07, 6.45) is 0.307. The molecular formula is C28H26ClN3O5. The number of benzene rings is 3. The number of halogens is 1. The van der Waals surface area contributed by atoms with Gasteiger partial charge in [-0.25, -0.2) is 0 Å². The SMILES string of the molecule is CC[C@H](C(=O)Nc1ccc(OC)cc1)N(Cc1ccccc1Cl)C(=O)CN1C(=O)C(=O)c2ccccc21. The highest BCUT2D eigenvalue weighted by Crippen LogP contribution is 2.29. The molecular weight excluding hydrogens is 494 g/mol. The third-order valence-corrected chi connectivity index (χ3v) is 6.58. The van der Waals surface area contributed by atoms with Crippen LogP contribution in [-0.4, -0.2) is 48.1 Å². The number of carbonyl (C=O) groups is 4. The molecule has 4 rings (SSSR count). The van der Waals surface area contributed by atoms with Gasteiger partial charge in [-0.15, -0.1) is 0 Å². The van der Waals surface area contributed by atoms with Gasteiger partial charge in [0.15, 0.2) is 0 Å². The van der Waals surface area contributed by atoms with Crippen LogP contribution in [0.3, 0.4) is 0 Å². The summed E-state index contributed by atoms with van der Waals surface area (Å²) < 4.78 is 5.16. The second-order valence-corrected chi connectivity index (χ2v) is 8.90. The number of anilines is 2. The van der Waals surface area contributed by atoms with Crippen LogP contribution in [0.4, 0.5) is 11.4 Å². The maximum absolute atomic E-state index is 13.7. The summed E-state index contributed by atoms with van der Waals surface area (Å²) in [5, 5.41) is 3.30. The van der Waals surface area contributed by atoms with Gasteiger partial charge in [-0.2, -0.15) is 0 Å². The Bertz CT molecular complexity index is 1340. The van der Waals surface area contributed by atoms with Crippen LogP contribution in [0.2, 0.25) is 5.02 Å². The van der Waals surface area contributed by atoms with Crippen molar-refractivity contribution in [3.63, 3.8) is 0 Å². The Kier molecular flexibility index (Phi) is 7.89. The van der Waals surface area contributed by atoms with Gasteiger partial charge < -0.3 is 15.0 Å². The molecule has 0 radical (unpaired) electrons. The van der Waals surface area contributed by atoms with Gasteiger partial charge in [-0.05, 0) is 54.4 Å². The number of para-hydroxylation sites is 1. The summed E-state index contributed by atoms with van der Waals surface area (Å²) in [7, 11) is 1.55. The number of hydrogen-bond acceptors (Lipinski definition) is 5. The molecule has 0 aromatic heterocycles. The lowest BCUT2D eigenvalue weighted by Gasteiger charge is -2.32. The fraction of sp³-hybridized carbons (Fsp3) is 0.214. The minimum atomic E-state index is -0.866. The average molecular weight is 520 g/mol. The maximum atomic E-state index is 13.7. The number of fused-ring (bicyclic) bond motifs is 1. The molecule has 1 atom stereocenters. The number of ether oxygens (including phenoxy) is 1. The van der Waals surface area contributed by atoms with E-state index < -0.39 is 36.1 Å². The van der Waals surface area contributed by atoms with Gasteiger partial charge in [0.05, 0.1) is 18.4 Å². The van der Waals surface area contributed by atoms with E-state index in [2.05, 4.69) is 5.32 Å². The maximum Gasteiger partial charge on any atom is 0.299 e. The van der Waals surface area contributed by atoms with E-state index in [1.165, 1.54) is 4.90 Å². The van der Waals surface area contributed by atoms with Gasteiger partial charge in [0.1, 0.15) is 18.3 Å². The van der Waals surface area contributed by atoms with Crippen LogP contribution in [0.1, 0.15) is 29.3 Å². The summed E-state index contributed by atoms with van der Waals surface area (Å²) in [6.45, 7) is 1.45. The molecule has 0 aliphatic carbocycles. The molecule has 0 spiro atoms. The van der Waals surface area contributed by atoms with Crippen molar-refractivity contribution in [1.29, 1.82) is 0 Å². The Balaban J connectivity index is 1.62. The lowest BCUT2D eigenvalue weighted by molar-refractivity contribution is -0.138. The van der Waals surface area contributed by atoms with E-state index in [4.69, 9.17) is 16.3 Å². The topological polar surface area (TPSA) is 96.0 Å². The predicted octanol–water partition coefficient (Wildman–Crippen LogP) is 4.32. The zero-order chi connectivity index (χ0) is 26.5. The first kappa shape index (κ1) is 25.9. The molecule has 1 N–H and O–H groups in total. The monoisotopic (exact) mass is 519 g/mol. The first-order valence-electron chi connectivity index (χ1n) is 11.8. The molecule has 0 saturated carbocycles. The van der Waals surface area contributed by atoms with Crippen LogP contribution in [0.5, 0.6) is 5.75 Å². The molecule has 3 amide bonds. The Morgan fingerprint density at radius 1 is 1.00 bits per heavy atom. The molecule has 1 heterocycles.